The van der Waals surface area contributed by atoms with Crippen molar-refractivity contribution >= 4 is 35.1 Å². The van der Waals surface area contributed by atoms with Gasteiger partial charge >= 0.3 is 5.97 Å². The smallest absolute Gasteiger partial charge is 0.333 e. The van der Waals surface area contributed by atoms with Crippen molar-refractivity contribution in [1.29, 1.82) is 0 Å². The number of carbonyl (C=O) groups is 2. The predicted octanol–water partition coefficient (Wildman–Crippen LogP) is 3.37. The van der Waals surface area contributed by atoms with Crippen molar-refractivity contribution in [3.63, 3.8) is 0 Å². The summed E-state index contributed by atoms with van der Waals surface area (Å²) in [5.74, 6) is -1.67. The largest absolute Gasteiger partial charge is 0.479 e. The molecule has 0 bridgehead atoms. The van der Waals surface area contributed by atoms with Crippen molar-refractivity contribution in [2.75, 3.05) is 6.61 Å². The Labute approximate surface area is 144 Å². The van der Waals surface area contributed by atoms with Gasteiger partial charge in [0.05, 0.1) is 16.1 Å². The van der Waals surface area contributed by atoms with Crippen LogP contribution in [0.2, 0.25) is 10.0 Å². The van der Waals surface area contributed by atoms with Crippen LogP contribution in [-0.4, -0.2) is 29.7 Å². The maximum atomic E-state index is 12.1. The van der Waals surface area contributed by atoms with Crippen molar-refractivity contribution in [3.05, 3.63) is 33.8 Å². The van der Waals surface area contributed by atoms with Crippen LogP contribution in [-0.2, 0) is 19.9 Å². The van der Waals surface area contributed by atoms with E-state index >= 15 is 0 Å². The lowest BCUT2D eigenvalue weighted by molar-refractivity contribution is -0.148. The molecule has 1 aromatic rings. The molecule has 0 aromatic heterocycles. The van der Waals surface area contributed by atoms with Crippen LogP contribution < -0.4 is 5.32 Å². The van der Waals surface area contributed by atoms with E-state index in [1.54, 1.807) is 0 Å². The number of hydrogen-bond acceptors (Lipinski definition) is 3. The lowest BCUT2D eigenvalue weighted by Crippen LogP contribution is -2.50. The van der Waals surface area contributed by atoms with E-state index in [-0.39, 0.29) is 17.7 Å². The normalized spacial score (nSPS) is 17.7. The molecule has 0 aliphatic heterocycles. The Morgan fingerprint density at radius 1 is 1.30 bits per heavy atom. The van der Waals surface area contributed by atoms with Crippen LogP contribution in [0.15, 0.2) is 18.2 Å². The second kappa shape index (κ2) is 7.51. The summed E-state index contributed by atoms with van der Waals surface area (Å²) in [6.07, 6.45) is 4.17. The van der Waals surface area contributed by atoms with Gasteiger partial charge in [0, 0.05) is 0 Å². The number of amides is 1. The highest BCUT2D eigenvalue weighted by atomic mass is 35.5. The Balaban J connectivity index is 2.08. The molecule has 1 aliphatic carbocycles. The number of carboxylic acids is 1. The SMILES string of the molecule is CC(NC(=O)COC1CCCC1)(C(=O)O)c1ccc(Cl)c(Cl)c1. The van der Waals surface area contributed by atoms with E-state index in [0.29, 0.717) is 10.6 Å². The number of aliphatic carboxylic acids is 1. The Bertz CT molecular complexity index is 602. The highest BCUT2D eigenvalue weighted by Gasteiger charge is 2.37. The van der Waals surface area contributed by atoms with Crippen LogP contribution in [0.5, 0.6) is 0 Å². The summed E-state index contributed by atoms with van der Waals surface area (Å²) in [7, 11) is 0. The summed E-state index contributed by atoms with van der Waals surface area (Å²) in [6.45, 7) is 1.25. The van der Waals surface area contributed by atoms with E-state index in [2.05, 4.69) is 5.32 Å². The second-order valence-corrected chi connectivity index (χ2v) is 6.64. The highest BCUT2D eigenvalue weighted by Crippen LogP contribution is 2.29. The third-order valence-electron chi connectivity index (χ3n) is 4.07. The molecule has 126 valence electrons. The first-order valence-electron chi connectivity index (χ1n) is 7.44. The van der Waals surface area contributed by atoms with Crippen LogP contribution in [0.25, 0.3) is 0 Å². The zero-order valence-corrected chi connectivity index (χ0v) is 14.3. The van der Waals surface area contributed by atoms with Gasteiger partial charge in [0.1, 0.15) is 6.61 Å². The summed E-state index contributed by atoms with van der Waals surface area (Å²) in [5, 5.41) is 12.6. The Morgan fingerprint density at radius 3 is 2.52 bits per heavy atom. The lowest BCUT2D eigenvalue weighted by atomic mass is 9.92. The van der Waals surface area contributed by atoms with Crippen molar-refractivity contribution < 1.29 is 19.4 Å². The van der Waals surface area contributed by atoms with Crippen LogP contribution in [0, 0.1) is 0 Å². The Kier molecular flexibility index (Phi) is 5.89. The average molecular weight is 360 g/mol. The molecule has 1 aromatic carbocycles. The van der Waals surface area contributed by atoms with E-state index in [1.165, 1.54) is 25.1 Å². The van der Waals surface area contributed by atoms with Crippen LogP contribution in [0.3, 0.4) is 0 Å². The molecule has 0 heterocycles. The molecular formula is C16H19Cl2NO4. The minimum Gasteiger partial charge on any atom is -0.479 e. The Morgan fingerprint density at radius 2 is 1.96 bits per heavy atom. The average Bonchev–Trinajstić information content (AvgIpc) is 3.01. The van der Waals surface area contributed by atoms with Gasteiger partial charge in [-0.1, -0.05) is 42.1 Å². The number of rotatable bonds is 6. The number of halogens is 2. The quantitative estimate of drug-likeness (QED) is 0.816. The summed E-state index contributed by atoms with van der Waals surface area (Å²) in [5.41, 5.74) is -1.27. The van der Waals surface area contributed by atoms with Gasteiger partial charge < -0.3 is 15.2 Å². The van der Waals surface area contributed by atoms with Gasteiger partial charge in [-0.05, 0) is 37.5 Å². The Hall–Kier alpha value is -1.30. The molecule has 2 N–H and O–H groups in total. The molecule has 0 saturated heterocycles. The fourth-order valence-electron chi connectivity index (χ4n) is 2.62. The van der Waals surface area contributed by atoms with Gasteiger partial charge in [-0.25, -0.2) is 4.79 Å². The number of benzene rings is 1. The maximum absolute atomic E-state index is 12.1. The first-order chi connectivity index (χ1) is 10.8. The van der Waals surface area contributed by atoms with Crippen LogP contribution in [0.4, 0.5) is 0 Å². The van der Waals surface area contributed by atoms with E-state index in [4.69, 9.17) is 27.9 Å². The van der Waals surface area contributed by atoms with Crippen molar-refractivity contribution in [3.8, 4) is 0 Å². The molecule has 1 unspecified atom stereocenters. The molecule has 7 heteroatoms. The van der Waals surface area contributed by atoms with Crippen LogP contribution in [0.1, 0.15) is 38.2 Å². The number of carboxylic acid groups (broad SMARTS) is 1. The molecule has 1 saturated carbocycles. The molecule has 23 heavy (non-hydrogen) atoms. The maximum Gasteiger partial charge on any atom is 0.333 e. The fraction of sp³-hybridized carbons (Fsp3) is 0.500. The van der Waals surface area contributed by atoms with Gasteiger partial charge in [0.2, 0.25) is 5.91 Å². The third kappa shape index (κ3) is 4.37. The minimum atomic E-state index is -1.61. The number of carbonyl (C=O) groups excluding carboxylic acids is 1. The lowest BCUT2D eigenvalue weighted by Gasteiger charge is -2.27. The van der Waals surface area contributed by atoms with Crippen molar-refractivity contribution in [1.82, 2.24) is 5.32 Å². The van der Waals surface area contributed by atoms with E-state index in [1.807, 2.05) is 0 Å². The van der Waals surface area contributed by atoms with Gasteiger partial charge in [-0.15, -0.1) is 0 Å². The standard InChI is InChI=1S/C16H19Cl2NO4/c1-16(15(21)22,10-6-7-12(17)13(18)8-10)19-14(20)9-23-11-4-2-3-5-11/h6-8,11H,2-5,9H2,1H3,(H,19,20)(H,21,22). The third-order valence-corrected chi connectivity index (χ3v) is 4.81. The summed E-state index contributed by atoms with van der Waals surface area (Å²) < 4.78 is 5.52. The molecule has 2 rings (SSSR count). The number of ether oxygens (including phenoxy) is 1. The zero-order valence-electron chi connectivity index (χ0n) is 12.8. The monoisotopic (exact) mass is 359 g/mol. The highest BCUT2D eigenvalue weighted by molar-refractivity contribution is 6.42. The molecule has 1 amide bonds. The van der Waals surface area contributed by atoms with Gasteiger partial charge in [0.25, 0.3) is 0 Å². The fourth-order valence-corrected chi connectivity index (χ4v) is 2.92. The number of hydrogen-bond donors (Lipinski definition) is 2. The number of nitrogens with one attached hydrogen (secondary N) is 1. The van der Waals surface area contributed by atoms with E-state index < -0.39 is 17.4 Å². The molecule has 0 spiro atoms. The van der Waals surface area contributed by atoms with E-state index in [9.17, 15) is 14.7 Å². The summed E-state index contributed by atoms with van der Waals surface area (Å²) in [4.78, 5) is 23.8. The van der Waals surface area contributed by atoms with Gasteiger partial charge in [0.15, 0.2) is 5.54 Å². The van der Waals surface area contributed by atoms with Gasteiger partial charge in [-0.2, -0.15) is 0 Å². The van der Waals surface area contributed by atoms with Crippen molar-refractivity contribution in [2.24, 2.45) is 0 Å². The molecular weight excluding hydrogens is 341 g/mol. The summed E-state index contributed by atoms with van der Waals surface area (Å²) >= 11 is 11.8. The molecule has 1 atom stereocenters. The molecule has 0 radical (unpaired) electrons. The second-order valence-electron chi connectivity index (χ2n) is 5.82. The minimum absolute atomic E-state index is 0.0850. The first kappa shape index (κ1) is 18.0. The molecule has 5 nitrogen and oxygen atoms in total. The van der Waals surface area contributed by atoms with Gasteiger partial charge in [-0.3, -0.25) is 4.79 Å². The molecule has 1 aliphatic rings. The zero-order chi connectivity index (χ0) is 17.0. The van der Waals surface area contributed by atoms with E-state index in [0.717, 1.165) is 25.7 Å². The topological polar surface area (TPSA) is 75.6 Å². The van der Waals surface area contributed by atoms with Crippen molar-refractivity contribution in [2.45, 2.75) is 44.2 Å². The van der Waals surface area contributed by atoms with Crippen LogP contribution >= 0.6 is 23.2 Å². The first-order valence-corrected chi connectivity index (χ1v) is 8.20. The summed E-state index contributed by atoms with van der Waals surface area (Å²) in [6, 6.07) is 4.47. The predicted molar refractivity (Wildman–Crippen MR) is 87.8 cm³/mol. The molecule has 1 fully saturated rings.